The van der Waals surface area contributed by atoms with E-state index in [0.717, 1.165) is 5.56 Å². The van der Waals surface area contributed by atoms with Crippen molar-refractivity contribution in [3.05, 3.63) is 61.6 Å². The Morgan fingerprint density at radius 3 is 2.62 bits per heavy atom. The van der Waals surface area contributed by atoms with Crippen molar-refractivity contribution in [1.29, 1.82) is 0 Å². The summed E-state index contributed by atoms with van der Waals surface area (Å²) in [5, 5.41) is 14.5. The lowest BCUT2D eigenvalue weighted by atomic mass is 10.2. The molecule has 5 nitrogen and oxygen atoms in total. The summed E-state index contributed by atoms with van der Waals surface area (Å²) in [7, 11) is 1.84. The first-order valence-corrected chi connectivity index (χ1v) is 7.23. The van der Waals surface area contributed by atoms with E-state index in [-0.39, 0.29) is 11.4 Å². The molecule has 0 radical (unpaired) electrons. The van der Waals surface area contributed by atoms with Gasteiger partial charge in [0.05, 0.1) is 9.95 Å². The average molecular weight is 372 g/mol. The summed E-state index contributed by atoms with van der Waals surface area (Å²) in [6, 6.07) is 9.89. The number of nitrogens with one attached hydrogen (secondary N) is 1. The number of rotatable bonds is 5. The molecule has 0 unspecified atom stereocenters. The Hall–Kier alpha value is -1.63. The lowest BCUT2D eigenvalue weighted by Gasteiger charge is -2.09. The fraction of sp³-hybridized carbons (Fsp3) is 0.143. The maximum atomic E-state index is 11.1. The number of halogens is 2. The molecular formula is C14H12BrClN2O3. The van der Waals surface area contributed by atoms with E-state index in [2.05, 4.69) is 21.2 Å². The Morgan fingerprint density at radius 1 is 1.29 bits per heavy atom. The van der Waals surface area contributed by atoms with Gasteiger partial charge in [0, 0.05) is 17.1 Å². The highest BCUT2D eigenvalue weighted by Gasteiger charge is 2.17. The molecule has 0 bridgehead atoms. The van der Waals surface area contributed by atoms with E-state index in [9.17, 15) is 10.1 Å². The van der Waals surface area contributed by atoms with Gasteiger partial charge in [0.2, 0.25) is 5.75 Å². The van der Waals surface area contributed by atoms with Crippen LogP contribution in [0.4, 0.5) is 5.69 Å². The van der Waals surface area contributed by atoms with Crippen LogP contribution in [0.1, 0.15) is 5.56 Å². The normalized spacial score (nSPS) is 10.4. The molecule has 0 aromatic heterocycles. The molecule has 0 aliphatic carbocycles. The van der Waals surface area contributed by atoms with Gasteiger partial charge in [0.25, 0.3) is 0 Å². The lowest BCUT2D eigenvalue weighted by molar-refractivity contribution is -0.385. The second kappa shape index (κ2) is 6.89. The molecule has 0 heterocycles. The molecule has 0 aliphatic rings. The third-order valence-electron chi connectivity index (χ3n) is 2.71. The van der Waals surface area contributed by atoms with Crippen LogP contribution in [0.2, 0.25) is 5.02 Å². The zero-order valence-electron chi connectivity index (χ0n) is 11.1. The van der Waals surface area contributed by atoms with Crippen LogP contribution in [-0.2, 0) is 6.54 Å². The summed E-state index contributed by atoms with van der Waals surface area (Å²) in [6.45, 7) is 0.679. The summed E-state index contributed by atoms with van der Waals surface area (Å²) >= 11 is 9.34. The van der Waals surface area contributed by atoms with Crippen LogP contribution in [0, 0.1) is 10.1 Å². The minimum absolute atomic E-state index is 0.125. The number of nitrogens with zero attached hydrogens (tertiary/aromatic N) is 1. The van der Waals surface area contributed by atoms with Crippen molar-refractivity contribution >= 4 is 33.2 Å². The first-order chi connectivity index (χ1) is 10.0. The number of hydrogen-bond donors (Lipinski definition) is 1. The van der Waals surface area contributed by atoms with Gasteiger partial charge in [-0.25, -0.2) is 0 Å². The molecule has 0 amide bonds. The second-order valence-electron chi connectivity index (χ2n) is 4.27. The molecule has 7 heteroatoms. The van der Waals surface area contributed by atoms with Gasteiger partial charge in [-0.2, -0.15) is 0 Å². The number of benzene rings is 2. The molecular weight excluding hydrogens is 360 g/mol. The molecule has 0 saturated heterocycles. The molecule has 21 heavy (non-hydrogen) atoms. The standard InChI is InChI=1S/C14H12BrClN2O3/c1-17-8-9-2-4-13(11(16)6-9)21-14-5-3-10(15)7-12(14)18(19)20/h2-7,17H,8H2,1H3. The van der Waals surface area contributed by atoms with Gasteiger partial charge in [-0.3, -0.25) is 10.1 Å². The Kier molecular flexibility index (Phi) is 5.17. The van der Waals surface area contributed by atoms with Crippen LogP contribution in [0.25, 0.3) is 0 Å². The quantitative estimate of drug-likeness (QED) is 0.620. The smallest absolute Gasteiger partial charge is 0.312 e. The van der Waals surface area contributed by atoms with E-state index in [1.807, 2.05) is 13.1 Å². The molecule has 2 rings (SSSR count). The van der Waals surface area contributed by atoms with E-state index in [0.29, 0.717) is 21.8 Å². The van der Waals surface area contributed by atoms with Crippen LogP contribution in [0.5, 0.6) is 11.5 Å². The maximum absolute atomic E-state index is 11.1. The monoisotopic (exact) mass is 370 g/mol. The number of nitro groups is 1. The Morgan fingerprint density at radius 2 is 2.00 bits per heavy atom. The largest absolute Gasteiger partial charge is 0.449 e. The van der Waals surface area contributed by atoms with E-state index in [1.54, 1.807) is 18.2 Å². The Bertz CT molecular complexity index is 679. The van der Waals surface area contributed by atoms with Crippen molar-refractivity contribution in [2.24, 2.45) is 0 Å². The first-order valence-electron chi connectivity index (χ1n) is 6.06. The summed E-state index contributed by atoms with van der Waals surface area (Å²) in [4.78, 5) is 10.6. The van der Waals surface area contributed by atoms with Gasteiger partial charge < -0.3 is 10.1 Å². The van der Waals surface area contributed by atoms with Crippen molar-refractivity contribution < 1.29 is 9.66 Å². The fourth-order valence-corrected chi connectivity index (χ4v) is 2.37. The van der Waals surface area contributed by atoms with Gasteiger partial charge in [-0.15, -0.1) is 0 Å². The lowest BCUT2D eigenvalue weighted by Crippen LogP contribution is -2.04. The summed E-state index contributed by atoms with van der Waals surface area (Å²) in [6.07, 6.45) is 0. The average Bonchev–Trinajstić information content (AvgIpc) is 2.43. The van der Waals surface area contributed by atoms with Crippen LogP contribution in [0.15, 0.2) is 40.9 Å². The SMILES string of the molecule is CNCc1ccc(Oc2ccc(Br)cc2[N+](=O)[O-])c(Cl)c1. The van der Waals surface area contributed by atoms with Crippen LogP contribution in [-0.4, -0.2) is 12.0 Å². The molecule has 110 valence electrons. The van der Waals surface area contributed by atoms with Gasteiger partial charge in [0.1, 0.15) is 5.75 Å². The van der Waals surface area contributed by atoms with Crippen LogP contribution >= 0.6 is 27.5 Å². The molecule has 2 aromatic rings. The van der Waals surface area contributed by atoms with Crippen molar-refractivity contribution in [2.45, 2.75) is 6.54 Å². The third-order valence-corrected chi connectivity index (χ3v) is 3.50. The Balaban J connectivity index is 2.32. The van der Waals surface area contributed by atoms with Gasteiger partial charge in [-0.1, -0.05) is 33.6 Å². The predicted molar refractivity (Wildman–Crippen MR) is 85.1 cm³/mol. The van der Waals surface area contributed by atoms with Crippen molar-refractivity contribution in [3.8, 4) is 11.5 Å². The summed E-state index contributed by atoms with van der Waals surface area (Å²) in [5.41, 5.74) is 0.875. The fourth-order valence-electron chi connectivity index (χ4n) is 1.78. The third kappa shape index (κ3) is 3.93. The minimum Gasteiger partial charge on any atom is -0.449 e. The molecule has 0 saturated carbocycles. The number of nitro benzene ring substituents is 1. The molecule has 0 atom stereocenters. The maximum Gasteiger partial charge on any atom is 0.312 e. The first kappa shape index (κ1) is 15.8. The topological polar surface area (TPSA) is 64.4 Å². The number of ether oxygens (including phenoxy) is 1. The van der Waals surface area contributed by atoms with E-state index >= 15 is 0 Å². The van der Waals surface area contributed by atoms with E-state index < -0.39 is 4.92 Å². The Labute approximate surface area is 135 Å². The zero-order valence-corrected chi connectivity index (χ0v) is 13.4. The van der Waals surface area contributed by atoms with Crippen LogP contribution in [0.3, 0.4) is 0 Å². The predicted octanol–water partition coefficient (Wildman–Crippen LogP) is 4.52. The summed E-state index contributed by atoms with van der Waals surface area (Å²) in [5.74, 6) is 0.522. The van der Waals surface area contributed by atoms with Crippen molar-refractivity contribution in [3.63, 3.8) is 0 Å². The van der Waals surface area contributed by atoms with E-state index in [1.165, 1.54) is 12.1 Å². The summed E-state index contributed by atoms with van der Waals surface area (Å²) < 4.78 is 6.18. The molecule has 2 aromatic carbocycles. The number of hydrogen-bond acceptors (Lipinski definition) is 4. The molecule has 0 aliphatic heterocycles. The van der Waals surface area contributed by atoms with E-state index in [4.69, 9.17) is 16.3 Å². The molecule has 0 spiro atoms. The van der Waals surface area contributed by atoms with Gasteiger partial charge in [0.15, 0.2) is 0 Å². The van der Waals surface area contributed by atoms with Gasteiger partial charge >= 0.3 is 5.69 Å². The highest BCUT2D eigenvalue weighted by atomic mass is 79.9. The molecule has 1 N–H and O–H groups in total. The van der Waals surface area contributed by atoms with Crippen molar-refractivity contribution in [1.82, 2.24) is 5.32 Å². The van der Waals surface area contributed by atoms with Gasteiger partial charge in [-0.05, 0) is 36.9 Å². The second-order valence-corrected chi connectivity index (χ2v) is 5.59. The zero-order chi connectivity index (χ0) is 15.4. The van der Waals surface area contributed by atoms with Crippen molar-refractivity contribution in [2.75, 3.05) is 7.05 Å². The van der Waals surface area contributed by atoms with Crippen LogP contribution < -0.4 is 10.1 Å². The highest BCUT2D eigenvalue weighted by molar-refractivity contribution is 9.10. The molecule has 0 fully saturated rings. The highest BCUT2D eigenvalue weighted by Crippen LogP contribution is 2.36. The minimum atomic E-state index is -0.497.